The fraction of sp³-hybridized carbons (Fsp3) is 0.455. The Hall–Kier alpha value is -1.23. The van der Waals surface area contributed by atoms with Crippen LogP contribution in [0.15, 0.2) is 28.4 Å². The molecule has 1 rings (SSSR count). The van der Waals surface area contributed by atoms with Crippen molar-refractivity contribution in [1.29, 1.82) is 0 Å². The fourth-order valence-electron chi connectivity index (χ4n) is 1.10. The molecule has 1 aromatic rings. The third-order valence-electron chi connectivity index (χ3n) is 2.34. The van der Waals surface area contributed by atoms with Crippen molar-refractivity contribution in [2.75, 3.05) is 5.75 Å². The molecule has 1 aromatic heterocycles. The maximum Gasteiger partial charge on any atom is 0.189 e. The summed E-state index contributed by atoms with van der Waals surface area (Å²) >= 11 is 1.69. The number of thioether (sulfide) groups is 1. The summed E-state index contributed by atoms with van der Waals surface area (Å²) in [6.45, 7) is 4.37. The van der Waals surface area contributed by atoms with E-state index in [0.717, 1.165) is 17.1 Å². The van der Waals surface area contributed by atoms with Gasteiger partial charge in [-0.25, -0.2) is 0 Å². The summed E-state index contributed by atoms with van der Waals surface area (Å²) in [5.74, 6) is 1.71. The van der Waals surface area contributed by atoms with Crippen LogP contribution < -0.4 is 5.73 Å². The molecular formula is C11H17N3OS. The van der Waals surface area contributed by atoms with E-state index in [1.54, 1.807) is 18.0 Å². The number of oxime groups is 1. The number of amidine groups is 1. The predicted molar refractivity (Wildman–Crippen MR) is 66.9 cm³/mol. The minimum absolute atomic E-state index is 0.0623. The van der Waals surface area contributed by atoms with Gasteiger partial charge in [0.1, 0.15) is 5.69 Å². The van der Waals surface area contributed by atoms with Crippen LogP contribution in [0.25, 0.3) is 0 Å². The van der Waals surface area contributed by atoms with Crippen molar-refractivity contribution in [2.24, 2.45) is 16.8 Å². The van der Waals surface area contributed by atoms with Crippen LogP contribution in [-0.4, -0.2) is 21.8 Å². The van der Waals surface area contributed by atoms with Gasteiger partial charge in [-0.3, -0.25) is 4.98 Å². The maximum atomic E-state index is 8.65. The maximum absolute atomic E-state index is 8.65. The van der Waals surface area contributed by atoms with Gasteiger partial charge in [-0.05, 0) is 18.1 Å². The number of hydrogen-bond donors (Lipinski definition) is 2. The van der Waals surface area contributed by atoms with Gasteiger partial charge in [0.25, 0.3) is 0 Å². The summed E-state index contributed by atoms with van der Waals surface area (Å²) in [5, 5.41) is 11.6. The molecule has 0 spiro atoms. The highest BCUT2D eigenvalue weighted by Gasteiger charge is 2.09. The van der Waals surface area contributed by atoms with Crippen molar-refractivity contribution < 1.29 is 5.21 Å². The van der Waals surface area contributed by atoms with E-state index in [0.29, 0.717) is 11.6 Å². The van der Waals surface area contributed by atoms with Crippen molar-refractivity contribution in [3.63, 3.8) is 0 Å². The Bertz CT molecular complexity index is 368. The van der Waals surface area contributed by atoms with Crippen molar-refractivity contribution in [3.05, 3.63) is 24.0 Å². The minimum atomic E-state index is 0.0623. The highest BCUT2D eigenvalue weighted by molar-refractivity contribution is 7.99. The van der Waals surface area contributed by atoms with Gasteiger partial charge < -0.3 is 10.9 Å². The zero-order chi connectivity index (χ0) is 12.0. The molecule has 0 aliphatic heterocycles. The minimum Gasteiger partial charge on any atom is -0.409 e. The largest absolute Gasteiger partial charge is 0.409 e. The quantitative estimate of drug-likeness (QED) is 0.272. The molecule has 1 heterocycles. The van der Waals surface area contributed by atoms with Crippen LogP contribution in [0.3, 0.4) is 0 Å². The SMILES string of the molecule is CCC(C)CSc1cccnc1/C(N)=N/O. The van der Waals surface area contributed by atoms with Crippen LogP contribution in [0.2, 0.25) is 0 Å². The lowest BCUT2D eigenvalue weighted by molar-refractivity contribution is 0.318. The number of aromatic nitrogens is 1. The molecule has 0 aromatic carbocycles. The molecule has 88 valence electrons. The standard InChI is InChI=1S/C11H17N3OS/c1-3-8(2)7-16-9-5-4-6-13-10(9)11(12)14-15/h4-6,8,15H,3,7H2,1-2H3,(H2,12,14). The van der Waals surface area contributed by atoms with Gasteiger partial charge in [0.05, 0.1) is 0 Å². The number of nitrogens with zero attached hydrogens (tertiary/aromatic N) is 2. The van der Waals surface area contributed by atoms with Crippen molar-refractivity contribution in [2.45, 2.75) is 25.2 Å². The van der Waals surface area contributed by atoms with Crippen LogP contribution in [-0.2, 0) is 0 Å². The third kappa shape index (κ3) is 3.41. The van der Waals surface area contributed by atoms with Crippen LogP contribution in [0.4, 0.5) is 0 Å². The van der Waals surface area contributed by atoms with Crippen LogP contribution in [0.5, 0.6) is 0 Å². The Morgan fingerprint density at radius 2 is 2.44 bits per heavy atom. The normalized spacial score (nSPS) is 13.8. The molecule has 5 heteroatoms. The summed E-state index contributed by atoms with van der Waals surface area (Å²) in [7, 11) is 0. The second-order valence-electron chi connectivity index (χ2n) is 3.66. The van der Waals surface area contributed by atoms with Gasteiger partial charge in [-0.1, -0.05) is 25.4 Å². The average Bonchev–Trinajstić information content (AvgIpc) is 2.35. The van der Waals surface area contributed by atoms with Gasteiger partial charge in [-0.15, -0.1) is 11.8 Å². The Morgan fingerprint density at radius 3 is 3.06 bits per heavy atom. The van der Waals surface area contributed by atoms with Crippen LogP contribution in [0.1, 0.15) is 26.0 Å². The molecular weight excluding hydrogens is 222 g/mol. The molecule has 0 amide bonds. The lowest BCUT2D eigenvalue weighted by Gasteiger charge is -2.09. The first kappa shape index (κ1) is 12.8. The molecule has 0 fully saturated rings. The molecule has 1 unspecified atom stereocenters. The Balaban J connectivity index is 2.79. The average molecular weight is 239 g/mol. The first-order valence-electron chi connectivity index (χ1n) is 5.24. The second-order valence-corrected chi connectivity index (χ2v) is 4.72. The van der Waals surface area contributed by atoms with E-state index in [9.17, 15) is 0 Å². The predicted octanol–water partition coefficient (Wildman–Crippen LogP) is 2.31. The molecule has 0 radical (unpaired) electrons. The highest BCUT2D eigenvalue weighted by atomic mass is 32.2. The number of hydrogen-bond acceptors (Lipinski definition) is 4. The summed E-state index contributed by atoms with van der Waals surface area (Å²) in [5.41, 5.74) is 6.11. The monoisotopic (exact) mass is 239 g/mol. The molecule has 0 aliphatic carbocycles. The van der Waals surface area contributed by atoms with Gasteiger partial charge in [-0.2, -0.15) is 0 Å². The van der Waals surface area contributed by atoms with Gasteiger partial charge in [0, 0.05) is 16.8 Å². The molecule has 16 heavy (non-hydrogen) atoms. The number of rotatable bonds is 5. The van der Waals surface area contributed by atoms with Gasteiger partial charge >= 0.3 is 0 Å². The molecule has 0 saturated carbocycles. The van der Waals surface area contributed by atoms with E-state index >= 15 is 0 Å². The summed E-state index contributed by atoms with van der Waals surface area (Å²) in [6, 6.07) is 3.79. The summed E-state index contributed by atoms with van der Waals surface area (Å²) in [6.07, 6.45) is 2.78. The molecule has 0 bridgehead atoms. The summed E-state index contributed by atoms with van der Waals surface area (Å²) in [4.78, 5) is 5.07. The second kappa shape index (κ2) is 6.37. The topological polar surface area (TPSA) is 71.5 Å². The molecule has 4 nitrogen and oxygen atoms in total. The van der Waals surface area contributed by atoms with Crippen LogP contribution in [0, 0.1) is 5.92 Å². The smallest absolute Gasteiger partial charge is 0.189 e. The van der Waals surface area contributed by atoms with E-state index in [1.165, 1.54) is 0 Å². The van der Waals surface area contributed by atoms with E-state index in [-0.39, 0.29) is 5.84 Å². The van der Waals surface area contributed by atoms with Crippen molar-refractivity contribution >= 4 is 17.6 Å². The zero-order valence-electron chi connectivity index (χ0n) is 9.55. The first-order valence-corrected chi connectivity index (χ1v) is 6.23. The van der Waals surface area contributed by atoms with E-state index in [4.69, 9.17) is 10.9 Å². The first-order chi connectivity index (χ1) is 7.69. The van der Waals surface area contributed by atoms with Crippen LogP contribution >= 0.6 is 11.8 Å². The van der Waals surface area contributed by atoms with Gasteiger partial charge in [0.2, 0.25) is 0 Å². The molecule has 3 N–H and O–H groups in total. The Morgan fingerprint density at radius 1 is 1.69 bits per heavy atom. The fourth-order valence-corrected chi connectivity index (χ4v) is 2.27. The summed E-state index contributed by atoms with van der Waals surface area (Å²) < 4.78 is 0. The number of nitrogens with two attached hydrogens (primary N) is 1. The highest BCUT2D eigenvalue weighted by Crippen LogP contribution is 2.24. The van der Waals surface area contributed by atoms with Crippen molar-refractivity contribution in [1.82, 2.24) is 4.98 Å². The Labute approximate surface area is 99.9 Å². The Kier molecular flexibility index (Phi) is 5.11. The lowest BCUT2D eigenvalue weighted by atomic mass is 10.2. The third-order valence-corrected chi connectivity index (χ3v) is 3.72. The lowest BCUT2D eigenvalue weighted by Crippen LogP contribution is -2.16. The molecule has 0 aliphatic rings. The molecule has 0 saturated heterocycles. The zero-order valence-corrected chi connectivity index (χ0v) is 10.4. The van der Waals surface area contributed by atoms with Gasteiger partial charge in [0.15, 0.2) is 5.84 Å². The van der Waals surface area contributed by atoms with Crippen molar-refractivity contribution in [3.8, 4) is 0 Å². The van der Waals surface area contributed by atoms with E-state index in [1.807, 2.05) is 12.1 Å². The van der Waals surface area contributed by atoms with E-state index in [2.05, 4.69) is 24.0 Å². The van der Waals surface area contributed by atoms with E-state index < -0.39 is 0 Å². The molecule has 1 atom stereocenters. The number of pyridine rings is 1.